The van der Waals surface area contributed by atoms with Gasteiger partial charge in [0.1, 0.15) is 0 Å². The predicted molar refractivity (Wildman–Crippen MR) is 38.6 cm³/mol. The van der Waals surface area contributed by atoms with E-state index in [4.69, 9.17) is 4.52 Å². The normalized spacial score (nSPS) is 14.0. The summed E-state index contributed by atoms with van der Waals surface area (Å²) in [6, 6.07) is 0. The van der Waals surface area contributed by atoms with Crippen LogP contribution in [0, 0.1) is 0 Å². The molecule has 0 bridgehead atoms. The standard InChI is InChI=1S/C5H15O2P/c1-4-7-8(3,6)5-2/h6,8H,4-5H2,1-3H3. The summed E-state index contributed by atoms with van der Waals surface area (Å²) < 4.78 is 5.07. The first kappa shape index (κ1) is 8.35. The van der Waals surface area contributed by atoms with E-state index in [1.54, 1.807) is 6.66 Å². The van der Waals surface area contributed by atoms with Crippen LogP contribution < -0.4 is 0 Å². The molecule has 0 radical (unpaired) electrons. The van der Waals surface area contributed by atoms with Crippen molar-refractivity contribution >= 4 is 7.72 Å². The summed E-state index contributed by atoms with van der Waals surface area (Å²) in [4.78, 5) is 9.24. The first-order valence-electron chi connectivity index (χ1n) is 2.98. The molecule has 0 aliphatic rings. The molecule has 0 saturated heterocycles. The van der Waals surface area contributed by atoms with Crippen LogP contribution in [0.4, 0.5) is 0 Å². The Morgan fingerprint density at radius 1 is 1.50 bits per heavy atom. The van der Waals surface area contributed by atoms with E-state index in [9.17, 15) is 4.89 Å². The monoisotopic (exact) mass is 138 g/mol. The molecule has 0 aromatic rings. The van der Waals surface area contributed by atoms with Crippen LogP contribution in [0.5, 0.6) is 0 Å². The van der Waals surface area contributed by atoms with Gasteiger partial charge in [-0.3, -0.25) is 0 Å². The average Bonchev–Trinajstić information content (AvgIpc) is 1.67. The molecule has 0 rings (SSSR count). The summed E-state index contributed by atoms with van der Waals surface area (Å²) >= 11 is 0. The third kappa shape index (κ3) is 3.36. The van der Waals surface area contributed by atoms with Crippen LogP contribution in [0.15, 0.2) is 0 Å². The summed E-state index contributed by atoms with van der Waals surface area (Å²) in [6.45, 7) is 6.28. The van der Waals surface area contributed by atoms with Gasteiger partial charge in [0.05, 0.1) is 0 Å². The SMILES string of the molecule is CCO[PH](C)(O)CC. The molecule has 2 nitrogen and oxygen atoms in total. The molecule has 0 saturated carbocycles. The predicted octanol–water partition coefficient (Wildman–Crippen LogP) is 1.24. The third-order valence-electron chi connectivity index (χ3n) is 1.11. The van der Waals surface area contributed by atoms with Crippen LogP contribution >= 0.6 is 7.72 Å². The van der Waals surface area contributed by atoms with Gasteiger partial charge in [0.15, 0.2) is 0 Å². The molecule has 1 N–H and O–H groups in total. The van der Waals surface area contributed by atoms with Gasteiger partial charge in [-0.25, -0.2) is 0 Å². The number of hydrogen-bond donors (Lipinski definition) is 1. The van der Waals surface area contributed by atoms with Crippen LogP contribution in [0.2, 0.25) is 0 Å². The molecule has 3 heteroatoms. The second-order valence-electron chi connectivity index (χ2n) is 1.96. The van der Waals surface area contributed by atoms with Gasteiger partial charge in [-0.05, 0) is 0 Å². The van der Waals surface area contributed by atoms with Gasteiger partial charge in [-0.2, -0.15) is 0 Å². The molecule has 0 aromatic carbocycles. The summed E-state index contributed by atoms with van der Waals surface area (Å²) in [5, 5.41) is 0. The Morgan fingerprint density at radius 3 is 2.12 bits per heavy atom. The molecular weight excluding hydrogens is 123 g/mol. The Kier molecular flexibility index (Phi) is 3.54. The maximum absolute atomic E-state index is 9.24. The summed E-state index contributed by atoms with van der Waals surface area (Å²) in [5.41, 5.74) is 0. The van der Waals surface area contributed by atoms with Gasteiger partial charge < -0.3 is 0 Å². The Bertz CT molecular complexity index is 63.4. The van der Waals surface area contributed by atoms with Gasteiger partial charge >= 0.3 is 50.4 Å². The number of hydrogen-bond acceptors (Lipinski definition) is 2. The average molecular weight is 138 g/mol. The maximum atomic E-state index is 9.24. The molecule has 0 amide bonds. The first-order valence-corrected chi connectivity index (χ1v) is 5.55. The Labute approximate surface area is 51.4 Å². The van der Waals surface area contributed by atoms with E-state index in [1.807, 2.05) is 13.8 Å². The van der Waals surface area contributed by atoms with Gasteiger partial charge in [0.2, 0.25) is 0 Å². The van der Waals surface area contributed by atoms with Crippen molar-refractivity contribution in [3.8, 4) is 0 Å². The van der Waals surface area contributed by atoms with E-state index < -0.39 is 7.72 Å². The third-order valence-corrected chi connectivity index (χ3v) is 3.33. The molecule has 0 aliphatic carbocycles. The summed E-state index contributed by atoms with van der Waals surface area (Å²) in [5.74, 6) is 0. The molecule has 0 aromatic heterocycles. The summed E-state index contributed by atoms with van der Waals surface area (Å²) in [6.07, 6.45) is 0.779. The van der Waals surface area contributed by atoms with E-state index in [-0.39, 0.29) is 0 Å². The molecule has 8 heavy (non-hydrogen) atoms. The quantitative estimate of drug-likeness (QED) is 0.594. The van der Waals surface area contributed by atoms with Crippen LogP contribution in [0.3, 0.4) is 0 Å². The first-order chi connectivity index (χ1) is 3.62. The zero-order valence-corrected chi connectivity index (χ0v) is 6.77. The van der Waals surface area contributed by atoms with E-state index in [2.05, 4.69) is 0 Å². The van der Waals surface area contributed by atoms with E-state index in [0.717, 1.165) is 6.16 Å². The van der Waals surface area contributed by atoms with Crippen molar-refractivity contribution in [2.75, 3.05) is 19.4 Å². The minimum absolute atomic E-state index is 0.632. The Morgan fingerprint density at radius 2 is 2.00 bits per heavy atom. The fourth-order valence-corrected chi connectivity index (χ4v) is 1.24. The van der Waals surface area contributed by atoms with Crippen molar-refractivity contribution in [2.24, 2.45) is 0 Å². The van der Waals surface area contributed by atoms with Gasteiger partial charge in [0, 0.05) is 0 Å². The minimum atomic E-state index is -2.18. The molecule has 0 spiro atoms. The number of rotatable bonds is 3. The van der Waals surface area contributed by atoms with E-state index >= 15 is 0 Å². The second-order valence-corrected chi connectivity index (χ2v) is 5.31. The molecule has 0 unspecified atom stereocenters. The zero-order valence-electron chi connectivity index (χ0n) is 5.77. The Hall–Kier alpha value is 0.350. The molecule has 52 valence electrons. The van der Waals surface area contributed by atoms with Gasteiger partial charge in [0.25, 0.3) is 0 Å². The van der Waals surface area contributed by atoms with Crippen molar-refractivity contribution in [3.63, 3.8) is 0 Å². The van der Waals surface area contributed by atoms with Crippen molar-refractivity contribution in [2.45, 2.75) is 13.8 Å². The van der Waals surface area contributed by atoms with Crippen molar-refractivity contribution in [1.29, 1.82) is 0 Å². The fraction of sp³-hybridized carbons (Fsp3) is 1.00. The molecule has 0 aliphatic heterocycles. The van der Waals surface area contributed by atoms with Crippen molar-refractivity contribution in [1.82, 2.24) is 0 Å². The molecular formula is C5H15O2P. The van der Waals surface area contributed by atoms with E-state index in [0.29, 0.717) is 6.61 Å². The van der Waals surface area contributed by atoms with Crippen LogP contribution in [-0.2, 0) is 4.52 Å². The van der Waals surface area contributed by atoms with Gasteiger partial charge in [-0.15, -0.1) is 0 Å². The molecule has 0 atom stereocenters. The van der Waals surface area contributed by atoms with Crippen LogP contribution in [0.1, 0.15) is 13.8 Å². The summed E-state index contributed by atoms with van der Waals surface area (Å²) in [7, 11) is -2.18. The van der Waals surface area contributed by atoms with Crippen molar-refractivity contribution < 1.29 is 9.42 Å². The fourth-order valence-electron chi connectivity index (χ4n) is 0.413. The van der Waals surface area contributed by atoms with Gasteiger partial charge in [-0.1, -0.05) is 0 Å². The molecule has 0 fully saturated rings. The zero-order chi connectivity index (χ0) is 6.62. The van der Waals surface area contributed by atoms with E-state index in [1.165, 1.54) is 0 Å². The van der Waals surface area contributed by atoms with Crippen LogP contribution in [0.25, 0.3) is 0 Å². The second kappa shape index (κ2) is 3.39. The topological polar surface area (TPSA) is 29.5 Å². The molecule has 0 heterocycles. The van der Waals surface area contributed by atoms with Crippen LogP contribution in [-0.4, -0.2) is 24.3 Å². The Balaban J connectivity index is 3.37. The van der Waals surface area contributed by atoms with Crippen molar-refractivity contribution in [3.05, 3.63) is 0 Å².